The summed E-state index contributed by atoms with van der Waals surface area (Å²) in [6, 6.07) is 9.03. The smallest absolute Gasteiger partial charge is 0.271 e. The molecule has 2 N–H and O–H groups in total. The summed E-state index contributed by atoms with van der Waals surface area (Å²) in [7, 11) is 0. The third-order valence-corrected chi connectivity index (χ3v) is 6.14. The fourth-order valence-corrected chi connectivity index (χ4v) is 4.85. The fraction of sp³-hybridized carbons (Fsp3) is 0.429. The molecule has 0 aromatic carbocycles. The van der Waals surface area contributed by atoms with E-state index in [-0.39, 0.29) is 17.5 Å². The van der Waals surface area contributed by atoms with Crippen molar-refractivity contribution in [1.82, 2.24) is 29.8 Å². The Labute approximate surface area is 168 Å². The van der Waals surface area contributed by atoms with E-state index in [9.17, 15) is 9.59 Å². The Hall–Kier alpha value is -3.00. The lowest BCUT2D eigenvalue weighted by molar-refractivity contribution is 0.0927. The molecule has 5 rings (SSSR count). The minimum absolute atomic E-state index is 0.00128. The SMILES string of the molecule is Cc1cc(C)n2nc(C(=O)NC[C@H]3[C@@H]4CNC[C@@H](C4)c4cccc(=O)n43)cc2n1. The zero-order valence-electron chi connectivity index (χ0n) is 16.6. The van der Waals surface area contributed by atoms with E-state index < -0.39 is 0 Å². The van der Waals surface area contributed by atoms with E-state index in [1.54, 1.807) is 16.6 Å². The summed E-state index contributed by atoms with van der Waals surface area (Å²) in [5, 5.41) is 10.9. The van der Waals surface area contributed by atoms with Crippen LogP contribution in [0.25, 0.3) is 5.65 Å². The summed E-state index contributed by atoms with van der Waals surface area (Å²) in [6.45, 7) is 6.01. The van der Waals surface area contributed by atoms with Crippen LogP contribution in [-0.2, 0) is 0 Å². The molecule has 150 valence electrons. The van der Waals surface area contributed by atoms with Gasteiger partial charge in [-0.15, -0.1) is 0 Å². The zero-order valence-corrected chi connectivity index (χ0v) is 16.6. The lowest BCUT2D eigenvalue weighted by atomic mass is 9.79. The number of fused-ring (bicyclic) bond motifs is 5. The molecular formula is C21H24N6O2. The Bertz CT molecular complexity index is 1160. The number of carbonyl (C=O) groups excluding carboxylic acids is 1. The van der Waals surface area contributed by atoms with Crippen LogP contribution in [0.4, 0.5) is 0 Å². The first-order chi connectivity index (χ1) is 14.0. The van der Waals surface area contributed by atoms with E-state index in [4.69, 9.17) is 0 Å². The van der Waals surface area contributed by atoms with Crippen molar-refractivity contribution in [2.75, 3.05) is 19.6 Å². The van der Waals surface area contributed by atoms with Crippen LogP contribution in [-0.4, -0.2) is 44.7 Å². The normalized spacial score (nSPS) is 23.0. The lowest BCUT2D eigenvalue weighted by Crippen LogP contribution is -2.50. The van der Waals surface area contributed by atoms with Crippen molar-refractivity contribution in [1.29, 1.82) is 0 Å². The van der Waals surface area contributed by atoms with Crippen LogP contribution in [0.3, 0.4) is 0 Å². The van der Waals surface area contributed by atoms with Gasteiger partial charge in [0.25, 0.3) is 11.5 Å². The molecule has 0 saturated carbocycles. The number of aromatic nitrogens is 4. The first-order valence-electron chi connectivity index (χ1n) is 10.1. The molecule has 0 spiro atoms. The molecule has 3 atom stereocenters. The summed E-state index contributed by atoms with van der Waals surface area (Å²) in [5.74, 6) is 0.420. The number of nitrogens with zero attached hydrogens (tertiary/aromatic N) is 4. The van der Waals surface area contributed by atoms with Gasteiger partial charge in [0.1, 0.15) is 0 Å². The molecule has 3 aromatic heterocycles. The Morgan fingerprint density at radius 1 is 1.28 bits per heavy atom. The molecular weight excluding hydrogens is 368 g/mol. The van der Waals surface area contributed by atoms with Gasteiger partial charge in [0.2, 0.25) is 0 Å². The highest BCUT2D eigenvalue weighted by Crippen LogP contribution is 2.38. The van der Waals surface area contributed by atoms with Gasteiger partial charge in [0.15, 0.2) is 11.3 Å². The zero-order chi connectivity index (χ0) is 20.1. The van der Waals surface area contributed by atoms with Gasteiger partial charge in [0.05, 0.1) is 6.04 Å². The van der Waals surface area contributed by atoms with Crippen molar-refractivity contribution in [3.8, 4) is 0 Å². The lowest BCUT2D eigenvalue weighted by Gasteiger charge is -2.43. The third kappa shape index (κ3) is 3.04. The second-order valence-electron chi connectivity index (χ2n) is 8.13. The number of pyridine rings is 1. The summed E-state index contributed by atoms with van der Waals surface area (Å²) >= 11 is 0. The molecule has 3 aromatic rings. The van der Waals surface area contributed by atoms with Crippen LogP contribution in [0.1, 0.15) is 46.0 Å². The predicted octanol–water partition coefficient (Wildman–Crippen LogP) is 1.19. The van der Waals surface area contributed by atoms with Crippen LogP contribution >= 0.6 is 0 Å². The van der Waals surface area contributed by atoms with Crippen LogP contribution in [0.5, 0.6) is 0 Å². The number of carbonyl (C=O) groups is 1. The summed E-state index contributed by atoms with van der Waals surface area (Å²) in [5.41, 5.74) is 3.87. The number of piperidine rings is 1. The number of hydrogen-bond acceptors (Lipinski definition) is 5. The van der Waals surface area contributed by atoms with Crippen molar-refractivity contribution >= 4 is 11.6 Å². The standard InChI is InChI=1S/C21H24N6O2/c1-12-6-13(2)27-19(24-12)8-16(25-27)21(29)23-11-18-15-7-14(9-22-10-15)17-4-3-5-20(28)26(17)18/h3-6,8,14-15,18,22H,7,9-11H2,1-2H3,(H,23,29)/t14-,15+,18+/m1/s1. The van der Waals surface area contributed by atoms with Crippen molar-refractivity contribution in [3.63, 3.8) is 0 Å². The minimum atomic E-state index is -0.246. The van der Waals surface area contributed by atoms with Crippen LogP contribution < -0.4 is 16.2 Å². The molecule has 1 amide bonds. The summed E-state index contributed by atoms with van der Waals surface area (Å²) in [6.07, 6.45) is 1.04. The van der Waals surface area contributed by atoms with Gasteiger partial charge in [-0.1, -0.05) is 6.07 Å². The van der Waals surface area contributed by atoms with Gasteiger partial charge < -0.3 is 15.2 Å². The molecule has 1 fully saturated rings. The molecule has 2 aliphatic rings. The van der Waals surface area contributed by atoms with E-state index in [1.165, 1.54) is 0 Å². The molecule has 29 heavy (non-hydrogen) atoms. The average molecular weight is 392 g/mol. The monoisotopic (exact) mass is 392 g/mol. The van der Waals surface area contributed by atoms with Gasteiger partial charge >= 0.3 is 0 Å². The minimum Gasteiger partial charge on any atom is -0.349 e. The topological polar surface area (TPSA) is 93.3 Å². The highest BCUT2D eigenvalue weighted by atomic mass is 16.2. The summed E-state index contributed by atoms with van der Waals surface area (Å²) < 4.78 is 3.57. The molecule has 2 bridgehead atoms. The molecule has 0 aliphatic carbocycles. The van der Waals surface area contributed by atoms with E-state index in [1.807, 2.05) is 36.6 Å². The van der Waals surface area contributed by atoms with E-state index in [0.29, 0.717) is 29.7 Å². The number of aryl methyl sites for hydroxylation is 2. The van der Waals surface area contributed by atoms with Gasteiger partial charge in [-0.3, -0.25) is 9.59 Å². The van der Waals surface area contributed by atoms with E-state index in [0.717, 1.165) is 36.6 Å². The molecule has 8 heteroatoms. The Kier molecular flexibility index (Phi) is 4.24. The highest BCUT2D eigenvalue weighted by Gasteiger charge is 2.37. The largest absolute Gasteiger partial charge is 0.349 e. The van der Waals surface area contributed by atoms with Gasteiger partial charge in [0, 0.05) is 54.8 Å². The molecule has 5 heterocycles. The fourth-order valence-electron chi connectivity index (χ4n) is 4.85. The molecule has 2 aliphatic heterocycles. The molecule has 8 nitrogen and oxygen atoms in total. The highest BCUT2D eigenvalue weighted by molar-refractivity contribution is 5.93. The van der Waals surface area contributed by atoms with Crippen LogP contribution in [0.2, 0.25) is 0 Å². The Balaban J connectivity index is 1.41. The van der Waals surface area contributed by atoms with Crippen molar-refractivity contribution < 1.29 is 4.79 Å². The van der Waals surface area contributed by atoms with E-state index in [2.05, 4.69) is 20.7 Å². The number of nitrogens with one attached hydrogen (secondary N) is 2. The van der Waals surface area contributed by atoms with Crippen molar-refractivity contribution in [3.05, 3.63) is 63.5 Å². The molecule has 0 radical (unpaired) electrons. The van der Waals surface area contributed by atoms with E-state index >= 15 is 0 Å². The number of rotatable bonds is 3. The van der Waals surface area contributed by atoms with Gasteiger partial charge in [-0.05, 0) is 38.3 Å². The third-order valence-electron chi connectivity index (χ3n) is 6.14. The maximum atomic E-state index is 12.8. The second-order valence-corrected chi connectivity index (χ2v) is 8.13. The predicted molar refractivity (Wildman–Crippen MR) is 108 cm³/mol. The van der Waals surface area contributed by atoms with Gasteiger partial charge in [-0.25, -0.2) is 9.50 Å². The average Bonchev–Trinajstić information content (AvgIpc) is 3.13. The Morgan fingerprint density at radius 2 is 2.14 bits per heavy atom. The van der Waals surface area contributed by atoms with Crippen LogP contribution in [0, 0.1) is 19.8 Å². The van der Waals surface area contributed by atoms with Crippen LogP contribution in [0.15, 0.2) is 35.1 Å². The molecule has 0 unspecified atom stereocenters. The second kappa shape index (κ2) is 6.81. The number of hydrogen-bond donors (Lipinski definition) is 2. The first kappa shape index (κ1) is 18.1. The van der Waals surface area contributed by atoms with Gasteiger partial charge in [-0.2, -0.15) is 5.10 Å². The molecule has 1 saturated heterocycles. The summed E-state index contributed by atoms with van der Waals surface area (Å²) in [4.78, 5) is 29.9. The maximum Gasteiger partial charge on any atom is 0.271 e. The first-order valence-corrected chi connectivity index (χ1v) is 10.1. The van der Waals surface area contributed by atoms with Crippen molar-refractivity contribution in [2.24, 2.45) is 5.92 Å². The number of amides is 1. The Morgan fingerprint density at radius 3 is 3.00 bits per heavy atom. The van der Waals surface area contributed by atoms with Crippen molar-refractivity contribution in [2.45, 2.75) is 32.2 Å². The maximum absolute atomic E-state index is 12.8. The quantitative estimate of drug-likeness (QED) is 0.698.